The Morgan fingerprint density at radius 3 is 1.37 bits per heavy atom. The highest BCUT2D eigenvalue weighted by atomic mass is 31.2. The van der Waals surface area contributed by atoms with Gasteiger partial charge in [0, 0.05) is 59.7 Å². The van der Waals surface area contributed by atoms with Crippen LogP contribution in [0.5, 0.6) is 0 Å². The van der Waals surface area contributed by atoms with Crippen molar-refractivity contribution < 1.29 is 170 Å². The number of unbranched alkanes of at least 4 members (excludes halogenated alkanes) is 23. The normalized spacial score (nSPS) is 31.0. The molecule has 4 amide bonds. The molecule has 5 heterocycles. The van der Waals surface area contributed by atoms with E-state index in [4.69, 9.17) is 70.4 Å². The van der Waals surface area contributed by atoms with E-state index in [2.05, 4.69) is 59.4 Å². The van der Waals surface area contributed by atoms with Gasteiger partial charge in [0.15, 0.2) is 37.6 Å². The summed E-state index contributed by atoms with van der Waals surface area (Å²) in [6, 6.07) is -3.26. The van der Waals surface area contributed by atoms with Crippen molar-refractivity contribution in [3.63, 3.8) is 0 Å². The summed E-state index contributed by atoms with van der Waals surface area (Å²) >= 11 is 0. The van der Waals surface area contributed by atoms with Crippen LogP contribution in [0.15, 0.2) is 24.3 Å². The molecular formula is C85H151N4O35P. The fourth-order valence-electron chi connectivity index (χ4n) is 15.1. The lowest BCUT2D eigenvalue weighted by atomic mass is 9.94. The number of phosphoric acid groups is 1. The second kappa shape index (κ2) is 62.8. The van der Waals surface area contributed by atoms with Crippen LogP contribution >= 0.6 is 7.82 Å². The van der Waals surface area contributed by atoms with Gasteiger partial charge in [0.05, 0.1) is 52.4 Å². The fraction of sp³-hybridized carbons (Fsp3) is 0.882. The SMILES string of the molecule is CCCCCCCC/C=C/CCCCCCCC(=O)OC[C@H](COP(=O)(OC)OCCNC(=O)CCCCC(=O)NCCCO[C@@H]1OC(CO)[C@@H](O[C@@H]2OC(CO)[C@H](O)[C@H](O[C@@H]3OC(CO)[C@@H](O)[C@H](O[C@@H]4OC(CO)[C@H](O)[C@H](O)C4O[C@@H]4OC(C)[C@@H](O)[C@H](O)C4O)C3NC(C)=O)C2O)[C@H](O)C1NC(C)=O)OC(=O)CCCCCCC/C=C/CCCCCCCC. The van der Waals surface area contributed by atoms with Crippen molar-refractivity contribution in [2.75, 3.05) is 73.1 Å². The third kappa shape index (κ3) is 40.2. The molecule has 125 heavy (non-hydrogen) atoms. The Bertz CT molecular complexity index is 3090. The quantitative estimate of drug-likeness (QED) is 0.0180. The molecule has 5 aliphatic heterocycles. The Morgan fingerprint density at radius 2 is 0.832 bits per heavy atom. The lowest BCUT2D eigenvalue weighted by Gasteiger charge is -2.51. The number of amides is 4. The van der Waals surface area contributed by atoms with E-state index in [0.717, 1.165) is 98.0 Å². The number of nitrogens with one attached hydrogen (secondary N) is 4. The number of aliphatic hydroxyl groups excluding tert-OH is 13. The lowest BCUT2D eigenvalue weighted by Crippen LogP contribution is -2.70. The van der Waals surface area contributed by atoms with E-state index in [1.54, 1.807) is 0 Å². The predicted molar refractivity (Wildman–Crippen MR) is 447 cm³/mol. The molecule has 5 saturated heterocycles. The third-order valence-corrected chi connectivity index (χ3v) is 23.8. The predicted octanol–water partition coefficient (Wildman–Crippen LogP) is 2.92. The molecule has 40 heteroatoms. The van der Waals surface area contributed by atoms with Crippen molar-refractivity contribution in [3.05, 3.63) is 24.3 Å². The molecule has 0 spiro atoms. The van der Waals surface area contributed by atoms with Gasteiger partial charge in [-0.15, -0.1) is 0 Å². The molecule has 5 fully saturated rings. The van der Waals surface area contributed by atoms with Crippen LogP contribution in [0.25, 0.3) is 0 Å². The zero-order valence-corrected chi connectivity index (χ0v) is 74.9. The molecule has 11 unspecified atom stereocenters. The number of hydrogen-bond acceptors (Lipinski definition) is 35. The topological polar surface area (TPSA) is 569 Å². The van der Waals surface area contributed by atoms with Crippen LogP contribution in [-0.4, -0.2) is 335 Å². The van der Waals surface area contributed by atoms with E-state index in [0.29, 0.717) is 25.7 Å². The van der Waals surface area contributed by atoms with Crippen molar-refractivity contribution in [3.8, 4) is 0 Å². The van der Waals surface area contributed by atoms with Gasteiger partial charge in [-0.25, -0.2) is 4.57 Å². The van der Waals surface area contributed by atoms with Crippen molar-refractivity contribution in [2.24, 2.45) is 0 Å². The number of esters is 2. The molecule has 0 aromatic carbocycles. The Labute approximate surface area is 735 Å². The minimum Gasteiger partial charge on any atom is -0.462 e. The molecule has 0 aromatic rings. The number of carbonyl (C=O) groups excluding carboxylic acids is 6. The highest BCUT2D eigenvalue weighted by Crippen LogP contribution is 2.49. The minimum absolute atomic E-state index is 0.0212. The molecule has 27 atom stereocenters. The highest BCUT2D eigenvalue weighted by molar-refractivity contribution is 7.48. The van der Waals surface area contributed by atoms with Gasteiger partial charge in [-0.2, -0.15) is 0 Å². The number of carbonyl (C=O) groups is 6. The molecule has 0 radical (unpaired) electrons. The van der Waals surface area contributed by atoms with Gasteiger partial charge in [-0.1, -0.05) is 141 Å². The Morgan fingerprint density at radius 1 is 0.392 bits per heavy atom. The van der Waals surface area contributed by atoms with Crippen LogP contribution in [-0.2, 0) is 104 Å². The number of rotatable bonds is 65. The molecule has 0 saturated carbocycles. The van der Waals surface area contributed by atoms with Crippen LogP contribution in [0.4, 0.5) is 0 Å². The van der Waals surface area contributed by atoms with Gasteiger partial charge in [-0.3, -0.25) is 42.3 Å². The number of phosphoric ester groups is 1. The van der Waals surface area contributed by atoms with Crippen LogP contribution < -0.4 is 21.3 Å². The minimum atomic E-state index is -4.28. The van der Waals surface area contributed by atoms with Crippen molar-refractivity contribution in [2.45, 2.75) is 406 Å². The van der Waals surface area contributed by atoms with E-state index in [1.165, 1.54) is 84.0 Å². The molecule has 0 bridgehead atoms. The van der Waals surface area contributed by atoms with Gasteiger partial charge >= 0.3 is 19.8 Å². The van der Waals surface area contributed by atoms with Crippen molar-refractivity contribution in [1.82, 2.24) is 21.3 Å². The number of aliphatic hydroxyl groups is 13. The maximum absolute atomic E-state index is 13.6. The third-order valence-electron chi connectivity index (χ3n) is 22.4. The number of allylic oxidation sites excluding steroid dienone is 4. The second-order valence-corrected chi connectivity index (χ2v) is 34.5. The van der Waals surface area contributed by atoms with Crippen LogP contribution in [0.3, 0.4) is 0 Å². The van der Waals surface area contributed by atoms with Crippen LogP contribution in [0.1, 0.15) is 247 Å². The summed E-state index contributed by atoms with van der Waals surface area (Å²) in [4.78, 5) is 77.4. The Balaban J connectivity index is 1.06. The van der Waals surface area contributed by atoms with Gasteiger partial charge in [-0.05, 0) is 90.4 Å². The summed E-state index contributed by atoms with van der Waals surface area (Å²) in [6.07, 6.45) is -4.37. The van der Waals surface area contributed by atoms with E-state index >= 15 is 0 Å². The summed E-state index contributed by atoms with van der Waals surface area (Å²) in [5.74, 6) is -3.30. The van der Waals surface area contributed by atoms with E-state index < -0.39 is 230 Å². The average molecular weight is 1820 g/mol. The van der Waals surface area contributed by atoms with Gasteiger partial charge in [0.2, 0.25) is 23.6 Å². The standard InChI is InChI=1S/C85H151N4O35P/c1-7-9-11-13-15-17-19-21-23-25-27-29-31-33-35-42-64(98)112-52-57(116-65(99)43-36-34-32-30-28-26-24-22-20-18-16-14-12-10-8-2)53-114-125(109,110-6)113-47-45-87-63(97)41-38-37-40-62(96)86-44-39-46-111-81-66(88-55(4)94)72(104)77(61(51-93)120-81)121-84-76(108)79(71(103)60(50-92)118-84)123-82-67(89-56(5)95)78(70(102)59(49-91)117-82)122-85-80(74(106)69(101)58(48-90)119-85)124-83-75(107)73(105)68(100)54(3)115-83/h21-24,54,57-61,66-85,90-93,100-108H,7-20,25-53H2,1-6H3,(H,86,96)(H,87,97)(H,88,94)(H,89,95)/b23-21+,24-22+/t54?,57-,58?,59?,60?,61?,66?,67?,68-,69+,70-,71+,72-,73+,74+,75?,76?,77-,78-,79+,80?,81-,82+,83+,84+,85+,125?/m1/s1. The van der Waals surface area contributed by atoms with Crippen LogP contribution in [0.2, 0.25) is 0 Å². The zero-order chi connectivity index (χ0) is 91.6. The molecular weight excluding hydrogens is 1670 g/mol. The number of ether oxygens (including phenoxy) is 12. The Kier molecular flexibility index (Phi) is 55.7. The first-order valence-electron chi connectivity index (χ1n) is 45.3. The molecule has 5 aliphatic rings. The molecule has 0 aromatic heterocycles. The lowest BCUT2D eigenvalue weighted by molar-refractivity contribution is -0.389. The first-order valence-corrected chi connectivity index (χ1v) is 46.8. The largest absolute Gasteiger partial charge is 0.474 e. The van der Waals surface area contributed by atoms with E-state index in [-0.39, 0.29) is 70.9 Å². The van der Waals surface area contributed by atoms with E-state index in [9.17, 15) is 99.7 Å². The van der Waals surface area contributed by atoms with Crippen LogP contribution in [0, 0.1) is 0 Å². The molecule has 5 rings (SSSR count). The zero-order valence-electron chi connectivity index (χ0n) is 74.0. The summed E-state index contributed by atoms with van der Waals surface area (Å²) in [7, 11) is -3.17. The first-order chi connectivity index (χ1) is 60.1. The average Bonchev–Trinajstić information content (AvgIpc) is 0.758. The monoisotopic (exact) mass is 1820 g/mol. The maximum Gasteiger partial charge on any atom is 0.474 e. The first kappa shape index (κ1) is 111. The maximum atomic E-state index is 13.6. The van der Waals surface area contributed by atoms with Crippen molar-refractivity contribution in [1.29, 1.82) is 0 Å². The summed E-state index contributed by atoms with van der Waals surface area (Å²) < 4.78 is 100. The summed E-state index contributed by atoms with van der Waals surface area (Å²) in [5, 5.41) is 153. The van der Waals surface area contributed by atoms with Gasteiger partial charge in [0.1, 0.15) is 122 Å². The number of hydrogen-bond donors (Lipinski definition) is 17. The van der Waals surface area contributed by atoms with E-state index in [1.807, 2.05) is 0 Å². The summed E-state index contributed by atoms with van der Waals surface area (Å²) in [6.45, 7) is 2.69. The molecule has 0 aliphatic carbocycles. The smallest absolute Gasteiger partial charge is 0.462 e. The summed E-state index contributed by atoms with van der Waals surface area (Å²) in [5.41, 5.74) is 0. The molecule has 39 nitrogen and oxygen atoms in total. The fourth-order valence-corrected chi connectivity index (χ4v) is 16.0. The Hall–Kier alpha value is -4.51. The second-order valence-electron chi connectivity index (χ2n) is 32.7. The van der Waals surface area contributed by atoms with Gasteiger partial charge < -0.3 is 144 Å². The van der Waals surface area contributed by atoms with Gasteiger partial charge in [0.25, 0.3) is 0 Å². The highest BCUT2D eigenvalue weighted by Gasteiger charge is 2.58. The van der Waals surface area contributed by atoms with Crippen molar-refractivity contribution >= 4 is 43.4 Å². The molecule has 17 N–H and O–H groups in total. The molecule has 726 valence electrons.